The molecule has 0 aromatic rings. The van der Waals surface area contributed by atoms with Crippen molar-refractivity contribution in [2.75, 3.05) is 13.2 Å². The number of ether oxygens (including phenoxy) is 1. The molecule has 0 aliphatic carbocycles. The third-order valence-electron chi connectivity index (χ3n) is 14.4. The predicted octanol–water partition coefficient (Wildman–Crippen LogP) is 18.7. The van der Waals surface area contributed by atoms with Gasteiger partial charge in [0.1, 0.15) is 0 Å². The Labute approximate surface area is 413 Å². The zero-order valence-electron chi connectivity index (χ0n) is 45.0. The molecule has 0 aliphatic heterocycles. The van der Waals surface area contributed by atoms with Gasteiger partial charge in [-0.25, -0.2) is 0 Å². The average Bonchev–Trinajstić information content (AvgIpc) is 3.32. The molecular weight excluding hydrogens is 815 g/mol. The van der Waals surface area contributed by atoms with E-state index in [0.29, 0.717) is 25.9 Å². The Balaban J connectivity index is 3.43. The van der Waals surface area contributed by atoms with E-state index < -0.39 is 12.1 Å². The summed E-state index contributed by atoms with van der Waals surface area (Å²) in [5.41, 5.74) is 0. The summed E-state index contributed by atoms with van der Waals surface area (Å²) in [7, 11) is 0. The summed E-state index contributed by atoms with van der Waals surface area (Å²) in [4.78, 5) is 24.6. The monoisotopic (exact) mass is 934 g/mol. The maximum atomic E-state index is 12.5. The van der Waals surface area contributed by atoms with E-state index in [1.54, 1.807) is 0 Å². The van der Waals surface area contributed by atoms with Crippen molar-refractivity contribution in [2.45, 2.75) is 360 Å². The minimum atomic E-state index is -0.678. The molecule has 0 aromatic heterocycles. The third kappa shape index (κ3) is 52.2. The van der Waals surface area contributed by atoms with E-state index in [-0.39, 0.29) is 18.5 Å². The van der Waals surface area contributed by atoms with Crippen molar-refractivity contribution in [2.24, 2.45) is 0 Å². The second-order valence-corrected chi connectivity index (χ2v) is 21.1. The standard InChI is InChI=1S/C60H119NO5/c1-3-5-7-9-11-13-15-17-19-21-23-25-26-28-30-32-36-40-44-48-52-58(63)57(56-62)61-59(64)53-49-45-41-37-34-35-39-43-47-51-55-66-60(65)54-50-46-42-38-33-31-29-27-24-22-20-18-16-14-12-10-8-6-4-2/h57-58,62-63H,3-56H2,1-2H3,(H,61,64). The Morgan fingerprint density at radius 3 is 0.924 bits per heavy atom. The Kier molecular flexibility index (Phi) is 55.5. The number of hydrogen-bond acceptors (Lipinski definition) is 5. The van der Waals surface area contributed by atoms with Gasteiger partial charge in [0, 0.05) is 12.8 Å². The number of aliphatic hydroxyl groups excluding tert-OH is 2. The molecule has 0 saturated carbocycles. The van der Waals surface area contributed by atoms with Crippen LogP contribution < -0.4 is 5.32 Å². The van der Waals surface area contributed by atoms with Crippen LogP contribution in [0.2, 0.25) is 0 Å². The van der Waals surface area contributed by atoms with E-state index in [1.165, 1.54) is 257 Å². The van der Waals surface area contributed by atoms with Gasteiger partial charge in [-0.2, -0.15) is 0 Å². The fourth-order valence-corrected chi connectivity index (χ4v) is 9.76. The van der Waals surface area contributed by atoms with Gasteiger partial charge in [-0.3, -0.25) is 9.59 Å². The molecule has 0 aliphatic rings. The molecule has 394 valence electrons. The van der Waals surface area contributed by atoms with Crippen LogP contribution in [0.5, 0.6) is 0 Å². The Morgan fingerprint density at radius 2 is 0.621 bits per heavy atom. The van der Waals surface area contributed by atoms with E-state index in [1.807, 2.05) is 0 Å². The van der Waals surface area contributed by atoms with Gasteiger partial charge in [-0.05, 0) is 25.7 Å². The first kappa shape index (κ1) is 64.9. The van der Waals surface area contributed by atoms with Gasteiger partial charge in [0.25, 0.3) is 0 Å². The topological polar surface area (TPSA) is 95.9 Å². The van der Waals surface area contributed by atoms with Gasteiger partial charge in [0.2, 0.25) is 5.91 Å². The van der Waals surface area contributed by atoms with Crippen LogP contribution in [0, 0.1) is 0 Å². The number of rotatable bonds is 57. The predicted molar refractivity (Wildman–Crippen MR) is 287 cm³/mol. The highest BCUT2D eigenvalue weighted by Crippen LogP contribution is 2.18. The molecule has 1 amide bonds. The van der Waals surface area contributed by atoms with Gasteiger partial charge < -0.3 is 20.3 Å². The second kappa shape index (κ2) is 56.4. The summed E-state index contributed by atoms with van der Waals surface area (Å²) in [5.74, 6) is -0.0652. The van der Waals surface area contributed by atoms with Crippen molar-refractivity contribution >= 4 is 11.9 Å². The molecule has 6 heteroatoms. The molecule has 2 atom stereocenters. The van der Waals surface area contributed by atoms with Crippen LogP contribution in [0.25, 0.3) is 0 Å². The van der Waals surface area contributed by atoms with E-state index >= 15 is 0 Å². The molecule has 0 heterocycles. The van der Waals surface area contributed by atoms with Crippen LogP contribution in [-0.2, 0) is 14.3 Å². The van der Waals surface area contributed by atoms with Crippen molar-refractivity contribution in [1.82, 2.24) is 5.32 Å². The SMILES string of the molecule is CCCCCCCCCCCCCCCCCCCCCCC(O)C(CO)NC(=O)CCCCCCCCCCCCOC(=O)CCCCCCCCCCCCCCCCCCCCC. The molecule has 0 bridgehead atoms. The highest BCUT2D eigenvalue weighted by molar-refractivity contribution is 5.76. The fraction of sp³-hybridized carbons (Fsp3) is 0.967. The molecule has 0 rings (SSSR count). The lowest BCUT2D eigenvalue weighted by atomic mass is 10.0. The quantitative estimate of drug-likeness (QED) is 0.0417. The summed E-state index contributed by atoms with van der Waals surface area (Å²) in [6.07, 6.45) is 65.3. The van der Waals surface area contributed by atoms with Crippen molar-refractivity contribution in [3.8, 4) is 0 Å². The number of carbonyl (C=O) groups excluding carboxylic acids is 2. The van der Waals surface area contributed by atoms with Gasteiger partial charge >= 0.3 is 5.97 Å². The molecule has 0 aromatic carbocycles. The molecule has 2 unspecified atom stereocenters. The number of hydrogen-bond donors (Lipinski definition) is 3. The number of amides is 1. The normalized spacial score (nSPS) is 12.5. The molecule has 0 radical (unpaired) electrons. The number of unbranched alkanes of at least 4 members (excludes halogenated alkanes) is 46. The van der Waals surface area contributed by atoms with E-state index in [2.05, 4.69) is 19.2 Å². The Morgan fingerprint density at radius 1 is 0.364 bits per heavy atom. The zero-order valence-corrected chi connectivity index (χ0v) is 45.0. The first-order chi connectivity index (χ1) is 32.5. The van der Waals surface area contributed by atoms with Crippen molar-refractivity contribution in [3.05, 3.63) is 0 Å². The van der Waals surface area contributed by atoms with Gasteiger partial charge in [0.15, 0.2) is 0 Å². The van der Waals surface area contributed by atoms with E-state index in [0.717, 1.165) is 57.8 Å². The summed E-state index contributed by atoms with van der Waals surface area (Å²) in [6.45, 7) is 4.94. The summed E-state index contributed by atoms with van der Waals surface area (Å²) in [5, 5.41) is 23.3. The van der Waals surface area contributed by atoms with Crippen LogP contribution >= 0.6 is 0 Å². The van der Waals surface area contributed by atoms with Gasteiger partial charge in [0.05, 0.1) is 25.4 Å². The van der Waals surface area contributed by atoms with Crippen LogP contribution in [0.3, 0.4) is 0 Å². The third-order valence-corrected chi connectivity index (χ3v) is 14.4. The number of nitrogens with one attached hydrogen (secondary N) is 1. The van der Waals surface area contributed by atoms with Crippen LogP contribution in [-0.4, -0.2) is 47.4 Å². The maximum absolute atomic E-state index is 12.5. The molecule has 0 fully saturated rings. The first-order valence-corrected chi connectivity index (χ1v) is 30.3. The highest BCUT2D eigenvalue weighted by Gasteiger charge is 2.20. The largest absolute Gasteiger partial charge is 0.466 e. The molecule has 0 spiro atoms. The minimum absolute atomic E-state index is 0.0124. The molecular formula is C60H119NO5. The Hall–Kier alpha value is -1.14. The van der Waals surface area contributed by atoms with Crippen molar-refractivity contribution in [1.29, 1.82) is 0 Å². The van der Waals surface area contributed by atoms with E-state index in [9.17, 15) is 19.8 Å². The molecule has 3 N–H and O–H groups in total. The maximum Gasteiger partial charge on any atom is 0.305 e. The molecule has 6 nitrogen and oxygen atoms in total. The van der Waals surface area contributed by atoms with Crippen LogP contribution in [0.1, 0.15) is 348 Å². The molecule has 0 saturated heterocycles. The van der Waals surface area contributed by atoms with Crippen LogP contribution in [0.15, 0.2) is 0 Å². The van der Waals surface area contributed by atoms with Gasteiger partial charge in [-0.15, -0.1) is 0 Å². The van der Waals surface area contributed by atoms with Crippen molar-refractivity contribution in [3.63, 3.8) is 0 Å². The minimum Gasteiger partial charge on any atom is -0.466 e. The summed E-state index contributed by atoms with van der Waals surface area (Å²) < 4.78 is 5.48. The molecule has 66 heavy (non-hydrogen) atoms. The Bertz CT molecular complexity index is 944. The lowest BCUT2D eigenvalue weighted by Crippen LogP contribution is -2.45. The fourth-order valence-electron chi connectivity index (χ4n) is 9.76. The second-order valence-electron chi connectivity index (χ2n) is 21.1. The summed E-state index contributed by atoms with van der Waals surface area (Å²) in [6, 6.07) is -0.557. The lowest BCUT2D eigenvalue weighted by molar-refractivity contribution is -0.143. The first-order valence-electron chi connectivity index (χ1n) is 30.3. The number of aliphatic hydroxyl groups is 2. The lowest BCUT2D eigenvalue weighted by Gasteiger charge is -2.22. The van der Waals surface area contributed by atoms with Gasteiger partial charge in [-0.1, -0.05) is 309 Å². The zero-order chi connectivity index (χ0) is 47.9. The van der Waals surface area contributed by atoms with Crippen molar-refractivity contribution < 1.29 is 24.5 Å². The number of esters is 1. The smallest absolute Gasteiger partial charge is 0.305 e. The van der Waals surface area contributed by atoms with E-state index in [4.69, 9.17) is 4.74 Å². The highest BCUT2D eigenvalue weighted by atomic mass is 16.5. The summed E-state index contributed by atoms with van der Waals surface area (Å²) >= 11 is 0. The van der Waals surface area contributed by atoms with Crippen LogP contribution in [0.4, 0.5) is 0 Å². The number of carbonyl (C=O) groups is 2. The average molecular weight is 935 g/mol.